The lowest BCUT2D eigenvalue weighted by Gasteiger charge is -2.09. The molecule has 1 unspecified atom stereocenters. The molecule has 1 atom stereocenters. The monoisotopic (exact) mass is 259 g/mol. The van der Waals surface area contributed by atoms with Crippen molar-refractivity contribution in [3.8, 4) is 0 Å². The summed E-state index contributed by atoms with van der Waals surface area (Å²) in [6.45, 7) is 2.15. The average molecular weight is 260 g/mol. The summed E-state index contributed by atoms with van der Waals surface area (Å²) in [7, 11) is 0. The molecule has 0 aliphatic heterocycles. The highest BCUT2D eigenvalue weighted by Gasteiger charge is 2.09. The normalized spacial score (nSPS) is 12.2. The first-order chi connectivity index (χ1) is 7.54. The first-order valence-electron chi connectivity index (χ1n) is 4.92. The third kappa shape index (κ3) is 3.70. The topological polar surface area (TPSA) is 52.3 Å². The second-order valence-corrected chi connectivity index (χ2v) is 4.25. The van der Waals surface area contributed by atoms with Gasteiger partial charge in [0.1, 0.15) is 0 Å². The first-order valence-corrected chi connectivity index (χ1v) is 5.81. The van der Waals surface area contributed by atoms with Gasteiger partial charge in [-0.05, 0) is 24.1 Å². The van der Waals surface area contributed by atoms with Gasteiger partial charge in [-0.2, -0.15) is 12.6 Å². The highest BCUT2D eigenvalue weighted by molar-refractivity contribution is 7.80. The summed E-state index contributed by atoms with van der Waals surface area (Å²) in [5.74, 6) is -0.263. The van der Waals surface area contributed by atoms with E-state index in [1.54, 1.807) is 25.1 Å². The summed E-state index contributed by atoms with van der Waals surface area (Å²) in [5.41, 5.74) is 7.16. The van der Waals surface area contributed by atoms with Crippen LogP contribution in [0.5, 0.6) is 0 Å². The number of thiol groups is 1. The quantitative estimate of drug-likeness (QED) is 0.496. The molecule has 5 heteroatoms. The molecule has 0 aliphatic rings. The number of carbonyl (C=O) groups excluding carboxylic acids is 1. The fourth-order valence-corrected chi connectivity index (χ4v) is 1.92. The molecular weight excluding hydrogens is 246 g/mol. The van der Waals surface area contributed by atoms with Gasteiger partial charge in [0.2, 0.25) is 0 Å². The molecule has 0 spiro atoms. The Labute approximate surface area is 105 Å². The van der Waals surface area contributed by atoms with Crippen LogP contribution < -0.4 is 5.73 Å². The van der Waals surface area contributed by atoms with Crippen LogP contribution in [-0.4, -0.2) is 12.6 Å². The van der Waals surface area contributed by atoms with Gasteiger partial charge in [0.15, 0.2) is 0 Å². The van der Waals surface area contributed by atoms with Crippen molar-refractivity contribution in [2.75, 3.05) is 6.61 Å². The molecule has 0 saturated heterocycles. The van der Waals surface area contributed by atoms with Gasteiger partial charge >= 0.3 is 5.97 Å². The third-order valence-corrected chi connectivity index (χ3v) is 2.64. The molecular formula is C11H14ClNO2S. The van der Waals surface area contributed by atoms with Crippen LogP contribution in [0.15, 0.2) is 18.2 Å². The van der Waals surface area contributed by atoms with E-state index in [-0.39, 0.29) is 12.4 Å². The maximum atomic E-state index is 11.2. The van der Waals surface area contributed by atoms with Gasteiger partial charge < -0.3 is 10.5 Å². The lowest BCUT2D eigenvalue weighted by molar-refractivity contribution is -0.142. The van der Waals surface area contributed by atoms with E-state index in [1.807, 2.05) is 0 Å². The molecule has 0 saturated carbocycles. The van der Waals surface area contributed by atoms with E-state index in [2.05, 4.69) is 12.6 Å². The zero-order valence-electron chi connectivity index (χ0n) is 8.94. The number of hydrogen-bond donors (Lipinski definition) is 2. The molecule has 0 amide bonds. The van der Waals surface area contributed by atoms with Gasteiger partial charge in [-0.25, -0.2) is 0 Å². The van der Waals surface area contributed by atoms with Gasteiger partial charge in [0.25, 0.3) is 0 Å². The number of nitrogens with two attached hydrogens (primary N) is 1. The zero-order valence-corrected chi connectivity index (χ0v) is 10.6. The fourth-order valence-electron chi connectivity index (χ4n) is 1.30. The van der Waals surface area contributed by atoms with E-state index in [4.69, 9.17) is 22.1 Å². The molecule has 2 N–H and O–H groups in total. The minimum absolute atomic E-state index is 0.218. The summed E-state index contributed by atoms with van der Waals surface area (Å²) in [4.78, 5) is 11.2. The summed E-state index contributed by atoms with van der Waals surface area (Å²) < 4.78 is 4.84. The van der Waals surface area contributed by atoms with Gasteiger partial charge in [-0.1, -0.05) is 23.7 Å². The molecule has 0 heterocycles. The van der Waals surface area contributed by atoms with Crippen molar-refractivity contribution >= 4 is 30.2 Å². The molecule has 1 aromatic carbocycles. The number of benzene rings is 1. The molecule has 0 bridgehead atoms. The molecule has 88 valence electrons. The first kappa shape index (κ1) is 13.4. The Balaban J connectivity index is 2.77. The van der Waals surface area contributed by atoms with Crippen LogP contribution in [0.25, 0.3) is 0 Å². The molecule has 0 radical (unpaired) electrons. The van der Waals surface area contributed by atoms with Crippen molar-refractivity contribution in [2.45, 2.75) is 18.7 Å². The largest absolute Gasteiger partial charge is 0.466 e. The number of carbonyl (C=O) groups is 1. The van der Waals surface area contributed by atoms with E-state index in [9.17, 15) is 4.79 Å². The third-order valence-electron chi connectivity index (χ3n) is 2.04. The SMILES string of the molecule is CCOC(=O)Cc1ccc(C(N)S)c(Cl)c1. The van der Waals surface area contributed by atoms with E-state index < -0.39 is 5.37 Å². The smallest absolute Gasteiger partial charge is 0.310 e. The predicted octanol–water partition coefficient (Wildman–Crippen LogP) is 2.33. The summed E-state index contributed by atoms with van der Waals surface area (Å²) in [6.07, 6.45) is 0.218. The minimum Gasteiger partial charge on any atom is -0.466 e. The summed E-state index contributed by atoms with van der Waals surface area (Å²) in [6, 6.07) is 5.28. The van der Waals surface area contributed by atoms with Gasteiger partial charge in [-0.3, -0.25) is 4.79 Å². The Morgan fingerprint density at radius 1 is 1.62 bits per heavy atom. The van der Waals surface area contributed by atoms with E-state index in [0.29, 0.717) is 11.6 Å². The molecule has 1 aromatic rings. The Morgan fingerprint density at radius 2 is 2.31 bits per heavy atom. The van der Waals surface area contributed by atoms with Crippen LogP contribution in [0, 0.1) is 0 Å². The molecule has 1 rings (SSSR count). The highest BCUT2D eigenvalue weighted by atomic mass is 35.5. The van der Waals surface area contributed by atoms with Crippen molar-refractivity contribution in [1.29, 1.82) is 0 Å². The number of ether oxygens (including phenoxy) is 1. The van der Waals surface area contributed by atoms with E-state index in [1.165, 1.54) is 0 Å². The Kier molecular flexibility index (Phi) is 5.12. The lowest BCUT2D eigenvalue weighted by Crippen LogP contribution is -2.08. The van der Waals surface area contributed by atoms with Crippen molar-refractivity contribution < 1.29 is 9.53 Å². The van der Waals surface area contributed by atoms with Crippen LogP contribution >= 0.6 is 24.2 Å². The molecule has 0 fully saturated rings. The number of esters is 1. The second-order valence-electron chi connectivity index (χ2n) is 3.28. The second kappa shape index (κ2) is 6.13. The van der Waals surface area contributed by atoms with Crippen LogP contribution in [0.2, 0.25) is 5.02 Å². The Hall–Kier alpha value is -0.710. The standard InChI is InChI=1S/C11H14ClNO2S/c1-2-15-10(14)6-7-3-4-8(11(13)16)9(12)5-7/h3-5,11,16H,2,6,13H2,1H3. The zero-order chi connectivity index (χ0) is 12.1. The Bertz CT molecular complexity index is 382. The Morgan fingerprint density at radius 3 is 2.81 bits per heavy atom. The number of rotatable bonds is 4. The van der Waals surface area contributed by atoms with Crippen molar-refractivity contribution in [2.24, 2.45) is 5.73 Å². The van der Waals surface area contributed by atoms with Crippen LogP contribution in [-0.2, 0) is 16.0 Å². The van der Waals surface area contributed by atoms with E-state index >= 15 is 0 Å². The average Bonchev–Trinajstić information content (AvgIpc) is 2.17. The molecule has 16 heavy (non-hydrogen) atoms. The molecule has 0 aliphatic carbocycles. The number of hydrogen-bond acceptors (Lipinski definition) is 4. The van der Waals surface area contributed by atoms with Crippen molar-refractivity contribution in [1.82, 2.24) is 0 Å². The van der Waals surface area contributed by atoms with Crippen molar-refractivity contribution in [3.05, 3.63) is 34.3 Å². The van der Waals surface area contributed by atoms with Gasteiger partial charge in [0.05, 0.1) is 18.4 Å². The maximum Gasteiger partial charge on any atom is 0.310 e. The predicted molar refractivity (Wildman–Crippen MR) is 67.7 cm³/mol. The summed E-state index contributed by atoms with van der Waals surface area (Å²) in [5, 5.41) is 0.105. The molecule has 0 aromatic heterocycles. The van der Waals surface area contributed by atoms with Gasteiger partial charge in [0, 0.05) is 5.02 Å². The van der Waals surface area contributed by atoms with Gasteiger partial charge in [-0.15, -0.1) is 0 Å². The number of halogens is 1. The van der Waals surface area contributed by atoms with Crippen molar-refractivity contribution in [3.63, 3.8) is 0 Å². The van der Waals surface area contributed by atoms with Crippen LogP contribution in [0.3, 0.4) is 0 Å². The summed E-state index contributed by atoms with van der Waals surface area (Å²) >= 11 is 10.1. The van der Waals surface area contributed by atoms with Crippen LogP contribution in [0.1, 0.15) is 23.4 Å². The van der Waals surface area contributed by atoms with E-state index in [0.717, 1.165) is 11.1 Å². The maximum absolute atomic E-state index is 11.2. The fraction of sp³-hybridized carbons (Fsp3) is 0.364. The van der Waals surface area contributed by atoms with Crippen LogP contribution in [0.4, 0.5) is 0 Å². The lowest BCUT2D eigenvalue weighted by atomic mass is 10.1. The minimum atomic E-state index is -0.413. The molecule has 3 nitrogen and oxygen atoms in total. The highest BCUT2D eigenvalue weighted by Crippen LogP contribution is 2.25.